The molecule has 1 saturated heterocycles. The Morgan fingerprint density at radius 1 is 1.71 bits per heavy atom. The fourth-order valence-corrected chi connectivity index (χ4v) is 1.53. The topological polar surface area (TPSA) is 61.4 Å². The van der Waals surface area contributed by atoms with Gasteiger partial charge in [0.1, 0.15) is 0 Å². The molecular weight excluding hydrogens is 180 g/mol. The summed E-state index contributed by atoms with van der Waals surface area (Å²) in [4.78, 5) is 11.7. The molecular formula is C10H20N2O2. The highest BCUT2D eigenvalue weighted by Crippen LogP contribution is 2.11. The number of carbonyl (C=O) groups excluding carboxylic acids is 1. The van der Waals surface area contributed by atoms with Crippen molar-refractivity contribution in [2.24, 2.45) is 0 Å². The Labute approximate surface area is 85.1 Å². The molecule has 1 rings (SSSR count). The number of nitrogens with one attached hydrogen (secondary N) is 2. The van der Waals surface area contributed by atoms with E-state index in [1.807, 2.05) is 13.8 Å². The van der Waals surface area contributed by atoms with Gasteiger partial charge in [0.2, 0.25) is 5.91 Å². The van der Waals surface area contributed by atoms with Crippen LogP contribution in [0.15, 0.2) is 0 Å². The van der Waals surface area contributed by atoms with Crippen molar-refractivity contribution in [1.29, 1.82) is 0 Å². The second-order valence-electron chi connectivity index (χ2n) is 4.21. The van der Waals surface area contributed by atoms with Crippen LogP contribution in [0.4, 0.5) is 0 Å². The summed E-state index contributed by atoms with van der Waals surface area (Å²) >= 11 is 0. The summed E-state index contributed by atoms with van der Waals surface area (Å²) in [6.07, 6.45) is 2.69. The van der Waals surface area contributed by atoms with Crippen LogP contribution in [0, 0.1) is 0 Å². The Bertz CT molecular complexity index is 196. The molecule has 2 atom stereocenters. The van der Waals surface area contributed by atoms with Gasteiger partial charge in [0.25, 0.3) is 0 Å². The molecule has 0 aromatic carbocycles. The van der Waals surface area contributed by atoms with Gasteiger partial charge in [0, 0.05) is 0 Å². The quantitative estimate of drug-likeness (QED) is 0.599. The lowest BCUT2D eigenvalue weighted by Gasteiger charge is -2.28. The molecule has 0 spiro atoms. The molecule has 0 saturated carbocycles. The van der Waals surface area contributed by atoms with E-state index in [1.54, 1.807) is 0 Å². The summed E-state index contributed by atoms with van der Waals surface area (Å²) in [5.41, 5.74) is -0.471. The summed E-state index contributed by atoms with van der Waals surface area (Å²) in [7, 11) is 0. The molecule has 82 valence electrons. The van der Waals surface area contributed by atoms with Gasteiger partial charge in [-0.1, -0.05) is 6.92 Å². The molecule has 0 bridgehead atoms. The van der Waals surface area contributed by atoms with Crippen LogP contribution in [0.25, 0.3) is 0 Å². The third-order valence-electron chi connectivity index (χ3n) is 2.93. The van der Waals surface area contributed by atoms with Crippen LogP contribution in [0.1, 0.15) is 33.1 Å². The molecule has 1 aliphatic rings. The van der Waals surface area contributed by atoms with Gasteiger partial charge in [0.15, 0.2) is 0 Å². The van der Waals surface area contributed by atoms with Crippen LogP contribution in [0.5, 0.6) is 0 Å². The van der Waals surface area contributed by atoms with E-state index in [2.05, 4.69) is 10.6 Å². The maximum absolute atomic E-state index is 11.7. The van der Waals surface area contributed by atoms with Gasteiger partial charge < -0.3 is 15.7 Å². The van der Waals surface area contributed by atoms with Crippen molar-refractivity contribution >= 4 is 5.91 Å². The number of aliphatic hydroxyl groups excluding tert-OH is 1. The van der Waals surface area contributed by atoms with E-state index in [0.717, 1.165) is 25.8 Å². The highest BCUT2D eigenvalue weighted by molar-refractivity contribution is 5.82. The standard InChI is InChI=1S/C10H20N2O2/c1-3-10(2,7-13)12-9(14)8-5-4-6-11-8/h8,11,13H,3-7H2,1-2H3,(H,12,14)/t8-,10?/m0/s1. The Balaban J connectivity index is 2.45. The van der Waals surface area contributed by atoms with E-state index >= 15 is 0 Å². The van der Waals surface area contributed by atoms with E-state index in [4.69, 9.17) is 5.11 Å². The van der Waals surface area contributed by atoms with Gasteiger partial charge in [-0.25, -0.2) is 0 Å². The summed E-state index contributed by atoms with van der Waals surface area (Å²) in [6.45, 7) is 4.72. The van der Waals surface area contributed by atoms with Crippen molar-refractivity contribution in [3.8, 4) is 0 Å². The first kappa shape index (κ1) is 11.5. The van der Waals surface area contributed by atoms with Crippen molar-refractivity contribution in [3.05, 3.63) is 0 Å². The average Bonchev–Trinajstić information content (AvgIpc) is 2.70. The van der Waals surface area contributed by atoms with Crippen molar-refractivity contribution in [1.82, 2.24) is 10.6 Å². The van der Waals surface area contributed by atoms with E-state index in [1.165, 1.54) is 0 Å². The summed E-state index contributed by atoms with van der Waals surface area (Å²) < 4.78 is 0. The number of hydrogen-bond donors (Lipinski definition) is 3. The van der Waals surface area contributed by atoms with Crippen molar-refractivity contribution in [2.75, 3.05) is 13.2 Å². The lowest BCUT2D eigenvalue weighted by atomic mass is 9.99. The molecule has 0 radical (unpaired) electrons. The predicted octanol–water partition coefficient (Wildman–Crippen LogP) is 0.0156. The minimum absolute atomic E-state index is 0.0119. The molecule has 1 unspecified atom stereocenters. The molecule has 14 heavy (non-hydrogen) atoms. The number of carbonyl (C=O) groups is 1. The Morgan fingerprint density at radius 2 is 2.43 bits per heavy atom. The summed E-state index contributed by atoms with van der Waals surface area (Å²) in [5, 5.41) is 15.2. The minimum Gasteiger partial charge on any atom is -0.394 e. The highest BCUT2D eigenvalue weighted by Gasteiger charge is 2.28. The summed E-state index contributed by atoms with van der Waals surface area (Å²) in [5.74, 6) is 0.0147. The molecule has 4 nitrogen and oxygen atoms in total. The van der Waals surface area contributed by atoms with Crippen LogP contribution in [-0.4, -0.2) is 35.7 Å². The molecule has 3 N–H and O–H groups in total. The van der Waals surface area contributed by atoms with Gasteiger partial charge in [-0.05, 0) is 32.7 Å². The lowest BCUT2D eigenvalue weighted by Crippen LogP contribution is -2.53. The van der Waals surface area contributed by atoms with Gasteiger partial charge in [-0.2, -0.15) is 0 Å². The monoisotopic (exact) mass is 200 g/mol. The highest BCUT2D eigenvalue weighted by atomic mass is 16.3. The summed E-state index contributed by atoms with van der Waals surface area (Å²) in [6, 6.07) is -0.0626. The van der Waals surface area contributed by atoms with Gasteiger partial charge in [0.05, 0.1) is 18.2 Å². The third kappa shape index (κ3) is 2.69. The van der Waals surface area contributed by atoms with Crippen molar-refractivity contribution < 1.29 is 9.90 Å². The number of hydrogen-bond acceptors (Lipinski definition) is 3. The van der Waals surface area contributed by atoms with Crippen molar-refractivity contribution in [3.63, 3.8) is 0 Å². The van der Waals surface area contributed by atoms with Crippen LogP contribution < -0.4 is 10.6 Å². The fourth-order valence-electron chi connectivity index (χ4n) is 1.53. The fraction of sp³-hybridized carbons (Fsp3) is 0.900. The van der Waals surface area contributed by atoms with E-state index in [-0.39, 0.29) is 18.6 Å². The molecule has 1 amide bonds. The zero-order chi connectivity index (χ0) is 10.6. The maximum atomic E-state index is 11.7. The molecule has 0 aromatic rings. The van der Waals surface area contributed by atoms with E-state index < -0.39 is 5.54 Å². The predicted molar refractivity (Wildman–Crippen MR) is 54.9 cm³/mol. The van der Waals surface area contributed by atoms with Crippen LogP contribution in [0.3, 0.4) is 0 Å². The smallest absolute Gasteiger partial charge is 0.237 e. The lowest BCUT2D eigenvalue weighted by molar-refractivity contribution is -0.125. The molecule has 1 fully saturated rings. The zero-order valence-corrected chi connectivity index (χ0v) is 8.97. The van der Waals surface area contributed by atoms with E-state index in [0.29, 0.717) is 0 Å². The first-order valence-corrected chi connectivity index (χ1v) is 5.27. The molecule has 0 aliphatic carbocycles. The first-order valence-electron chi connectivity index (χ1n) is 5.27. The van der Waals surface area contributed by atoms with Crippen LogP contribution in [0.2, 0.25) is 0 Å². The Morgan fingerprint density at radius 3 is 2.86 bits per heavy atom. The number of amides is 1. The van der Waals surface area contributed by atoms with Crippen LogP contribution in [-0.2, 0) is 4.79 Å². The van der Waals surface area contributed by atoms with Gasteiger partial charge in [-0.15, -0.1) is 0 Å². The first-order chi connectivity index (χ1) is 6.61. The second kappa shape index (κ2) is 4.75. The minimum atomic E-state index is -0.471. The maximum Gasteiger partial charge on any atom is 0.237 e. The molecule has 0 aromatic heterocycles. The second-order valence-corrected chi connectivity index (χ2v) is 4.21. The van der Waals surface area contributed by atoms with Gasteiger partial charge >= 0.3 is 0 Å². The average molecular weight is 200 g/mol. The molecule has 1 heterocycles. The van der Waals surface area contributed by atoms with E-state index in [9.17, 15) is 4.79 Å². The third-order valence-corrected chi connectivity index (χ3v) is 2.93. The number of aliphatic hydroxyl groups is 1. The molecule has 4 heteroatoms. The van der Waals surface area contributed by atoms with Crippen molar-refractivity contribution in [2.45, 2.75) is 44.7 Å². The number of rotatable bonds is 4. The Hall–Kier alpha value is -0.610. The van der Waals surface area contributed by atoms with Crippen LogP contribution >= 0.6 is 0 Å². The zero-order valence-electron chi connectivity index (χ0n) is 8.97. The normalized spacial score (nSPS) is 25.8. The van der Waals surface area contributed by atoms with Gasteiger partial charge in [-0.3, -0.25) is 4.79 Å². The largest absolute Gasteiger partial charge is 0.394 e. The molecule has 1 aliphatic heterocycles. The Kier molecular flexibility index (Phi) is 3.89. The SMILES string of the molecule is CCC(C)(CO)NC(=O)[C@@H]1CCCN1.